The van der Waals surface area contributed by atoms with Gasteiger partial charge in [0.15, 0.2) is 6.10 Å². The van der Waals surface area contributed by atoms with Crippen LogP contribution in [0.4, 0.5) is 0 Å². The van der Waals surface area contributed by atoms with E-state index in [1.54, 1.807) is 0 Å². The number of hydrogen-bond donors (Lipinski definition) is 0. The lowest BCUT2D eigenvalue weighted by Gasteiger charge is -2.18. The molecule has 0 aliphatic heterocycles. The van der Waals surface area contributed by atoms with Crippen LogP contribution < -0.4 is 0 Å². The van der Waals surface area contributed by atoms with Gasteiger partial charge in [-0.2, -0.15) is 0 Å². The van der Waals surface area contributed by atoms with Crippen LogP contribution in [0.2, 0.25) is 0 Å². The van der Waals surface area contributed by atoms with Gasteiger partial charge in [0, 0.05) is 19.3 Å². The fourth-order valence-electron chi connectivity index (χ4n) is 7.51. The van der Waals surface area contributed by atoms with Crippen molar-refractivity contribution in [1.82, 2.24) is 0 Å². The van der Waals surface area contributed by atoms with Crippen LogP contribution in [0.1, 0.15) is 265 Å². The summed E-state index contributed by atoms with van der Waals surface area (Å²) in [6.07, 6.45) is 67.4. The standard InChI is InChI=1S/C59H102O6/c1-4-7-10-13-16-19-22-25-27-28-29-30-32-35-37-40-43-46-49-52-58(61)64-55-56(65-59(62)53-50-47-44-41-38-33-24-21-18-15-12-9-6-3)54-63-57(60)51-48-45-42-39-36-34-31-26-23-20-17-14-11-8-5-2/h16-17,19-20,25-27,29-31,35,37,56H,4-15,18,21-24,28,32-34,36,38-55H2,1-3H3/b19-16-,20-17-,27-25-,30-29-,31-26-,37-35-/t56-/m0/s1. The van der Waals surface area contributed by atoms with E-state index in [0.29, 0.717) is 19.3 Å². The number of esters is 3. The second-order valence-electron chi connectivity index (χ2n) is 18.1. The lowest BCUT2D eigenvalue weighted by Crippen LogP contribution is -2.30. The van der Waals surface area contributed by atoms with Crippen molar-refractivity contribution in [2.24, 2.45) is 0 Å². The molecule has 1 atom stereocenters. The number of ether oxygens (including phenoxy) is 3. The largest absolute Gasteiger partial charge is 0.462 e. The first-order chi connectivity index (χ1) is 32.0. The second kappa shape index (κ2) is 53.5. The molecule has 0 fully saturated rings. The van der Waals surface area contributed by atoms with Crippen molar-refractivity contribution >= 4 is 17.9 Å². The van der Waals surface area contributed by atoms with Crippen molar-refractivity contribution in [3.63, 3.8) is 0 Å². The van der Waals surface area contributed by atoms with E-state index >= 15 is 0 Å². The van der Waals surface area contributed by atoms with Gasteiger partial charge in [-0.1, -0.05) is 222 Å². The Balaban J connectivity index is 4.44. The number of carbonyl (C=O) groups is 3. The third-order valence-corrected chi connectivity index (χ3v) is 11.7. The molecule has 0 heterocycles. The molecule has 0 aromatic carbocycles. The molecule has 0 amide bonds. The van der Waals surface area contributed by atoms with Crippen LogP contribution in [-0.2, 0) is 28.6 Å². The van der Waals surface area contributed by atoms with Gasteiger partial charge in [0.05, 0.1) is 0 Å². The summed E-state index contributed by atoms with van der Waals surface area (Å²) in [5, 5.41) is 0. The Morgan fingerprint density at radius 3 is 0.908 bits per heavy atom. The van der Waals surface area contributed by atoms with Crippen molar-refractivity contribution in [3.8, 4) is 0 Å². The van der Waals surface area contributed by atoms with Gasteiger partial charge in [-0.15, -0.1) is 0 Å². The molecule has 6 heteroatoms. The second-order valence-corrected chi connectivity index (χ2v) is 18.1. The Bertz CT molecular complexity index is 1230. The number of unbranched alkanes of at least 4 members (excludes halogenated alkanes) is 26. The van der Waals surface area contributed by atoms with Crippen molar-refractivity contribution in [1.29, 1.82) is 0 Å². The van der Waals surface area contributed by atoms with Crippen molar-refractivity contribution in [2.45, 2.75) is 271 Å². The quantitative estimate of drug-likeness (QED) is 0.0262. The molecule has 0 bridgehead atoms. The van der Waals surface area contributed by atoms with Gasteiger partial charge in [-0.05, 0) is 96.3 Å². The highest BCUT2D eigenvalue weighted by molar-refractivity contribution is 5.71. The molecule has 0 aliphatic rings. The molecular weight excluding hydrogens is 805 g/mol. The number of hydrogen-bond acceptors (Lipinski definition) is 6. The first-order valence-electron chi connectivity index (χ1n) is 27.4. The average Bonchev–Trinajstić information content (AvgIpc) is 3.30. The summed E-state index contributed by atoms with van der Waals surface area (Å²) >= 11 is 0. The zero-order valence-corrected chi connectivity index (χ0v) is 42.7. The van der Waals surface area contributed by atoms with Gasteiger partial charge in [-0.3, -0.25) is 14.4 Å². The smallest absolute Gasteiger partial charge is 0.306 e. The van der Waals surface area contributed by atoms with E-state index in [-0.39, 0.29) is 31.1 Å². The Kier molecular flexibility index (Phi) is 50.9. The Morgan fingerprint density at radius 1 is 0.308 bits per heavy atom. The summed E-state index contributed by atoms with van der Waals surface area (Å²) in [6.45, 7) is 6.55. The van der Waals surface area contributed by atoms with Crippen LogP contribution in [-0.4, -0.2) is 37.2 Å². The SMILES string of the molecule is CCCCC/C=C\C/C=C\C/C=C\C/C=C\CCCCCC(=O)OC[C@H](COC(=O)CCCCCCC/C=C\C/C=C\CCCCC)OC(=O)CCCCCCCCCCCCCCC. The lowest BCUT2D eigenvalue weighted by atomic mass is 10.0. The zero-order chi connectivity index (χ0) is 47.2. The van der Waals surface area contributed by atoms with Gasteiger partial charge in [0.2, 0.25) is 0 Å². The predicted molar refractivity (Wildman–Crippen MR) is 279 cm³/mol. The molecule has 6 nitrogen and oxygen atoms in total. The fraction of sp³-hybridized carbons (Fsp3) is 0.746. The Morgan fingerprint density at radius 2 is 0.554 bits per heavy atom. The summed E-state index contributed by atoms with van der Waals surface area (Å²) < 4.78 is 16.8. The normalized spacial score (nSPS) is 12.6. The van der Waals surface area contributed by atoms with Gasteiger partial charge in [-0.25, -0.2) is 0 Å². The zero-order valence-electron chi connectivity index (χ0n) is 42.7. The van der Waals surface area contributed by atoms with Crippen molar-refractivity contribution < 1.29 is 28.6 Å². The van der Waals surface area contributed by atoms with E-state index in [9.17, 15) is 14.4 Å². The van der Waals surface area contributed by atoms with Crippen LogP contribution in [0, 0.1) is 0 Å². The van der Waals surface area contributed by atoms with E-state index in [2.05, 4.69) is 93.7 Å². The summed E-state index contributed by atoms with van der Waals surface area (Å²) in [7, 11) is 0. The van der Waals surface area contributed by atoms with Crippen LogP contribution in [0.5, 0.6) is 0 Å². The molecule has 0 saturated carbocycles. The first kappa shape index (κ1) is 61.9. The minimum absolute atomic E-state index is 0.0915. The van der Waals surface area contributed by atoms with Crippen LogP contribution in [0.15, 0.2) is 72.9 Å². The maximum Gasteiger partial charge on any atom is 0.306 e. The van der Waals surface area contributed by atoms with Crippen LogP contribution in [0.25, 0.3) is 0 Å². The molecule has 0 N–H and O–H groups in total. The third-order valence-electron chi connectivity index (χ3n) is 11.7. The third kappa shape index (κ3) is 51.7. The minimum atomic E-state index is -0.792. The van der Waals surface area contributed by atoms with Crippen molar-refractivity contribution in [3.05, 3.63) is 72.9 Å². The maximum absolute atomic E-state index is 12.8. The molecule has 0 rings (SSSR count). The highest BCUT2D eigenvalue weighted by Gasteiger charge is 2.19. The van der Waals surface area contributed by atoms with Gasteiger partial charge < -0.3 is 14.2 Å². The molecule has 374 valence electrons. The molecular formula is C59H102O6. The van der Waals surface area contributed by atoms with Gasteiger partial charge in [0.1, 0.15) is 13.2 Å². The number of rotatable bonds is 49. The monoisotopic (exact) mass is 907 g/mol. The molecule has 0 aliphatic carbocycles. The highest BCUT2D eigenvalue weighted by atomic mass is 16.6. The molecule has 65 heavy (non-hydrogen) atoms. The van der Waals surface area contributed by atoms with Crippen LogP contribution >= 0.6 is 0 Å². The highest BCUT2D eigenvalue weighted by Crippen LogP contribution is 2.15. The maximum atomic E-state index is 12.8. The van der Waals surface area contributed by atoms with Crippen LogP contribution in [0.3, 0.4) is 0 Å². The summed E-state index contributed by atoms with van der Waals surface area (Å²) in [5.74, 6) is -0.929. The van der Waals surface area contributed by atoms with Gasteiger partial charge >= 0.3 is 17.9 Å². The number of allylic oxidation sites excluding steroid dienone is 12. The number of carbonyl (C=O) groups excluding carboxylic acids is 3. The Labute approximate surface area is 402 Å². The summed E-state index contributed by atoms with van der Waals surface area (Å²) in [6, 6.07) is 0. The van der Waals surface area contributed by atoms with Gasteiger partial charge in [0.25, 0.3) is 0 Å². The van der Waals surface area contributed by atoms with E-state index in [4.69, 9.17) is 14.2 Å². The molecule has 0 radical (unpaired) electrons. The predicted octanol–water partition coefficient (Wildman–Crippen LogP) is 18.2. The summed E-state index contributed by atoms with van der Waals surface area (Å²) in [5.41, 5.74) is 0. The van der Waals surface area contributed by atoms with Crippen molar-refractivity contribution in [2.75, 3.05) is 13.2 Å². The Hall–Kier alpha value is -3.15. The van der Waals surface area contributed by atoms with E-state index < -0.39 is 6.10 Å². The minimum Gasteiger partial charge on any atom is -0.462 e. The molecule has 0 saturated heterocycles. The lowest BCUT2D eigenvalue weighted by molar-refractivity contribution is -0.167. The molecule has 0 unspecified atom stereocenters. The average molecular weight is 907 g/mol. The van der Waals surface area contributed by atoms with E-state index in [0.717, 1.165) is 103 Å². The molecule has 0 spiro atoms. The molecule has 0 aromatic rings. The van der Waals surface area contributed by atoms with E-state index in [1.165, 1.54) is 122 Å². The fourth-order valence-corrected chi connectivity index (χ4v) is 7.51. The summed E-state index contributed by atoms with van der Waals surface area (Å²) in [4.78, 5) is 38.0. The molecule has 0 aromatic heterocycles. The first-order valence-corrected chi connectivity index (χ1v) is 27.4. The topological polar surface area (TPSA) is 78.9 Å². The van der Waals surface area contributed by atoms with E-state index in [1.807, 2.05) is 0 Å².